The summed E-state index contributed by atoms with van der Waals surface area (Å²) in [7, 11) is 0. The Kier molecular flexibility index (Phi) is 4.63. The molecule has 19 heavy (non-hydrogen) atoms. The molecule has 0 aliphatic heterocycles. The Morgan fingerprint density at radius 3 is 2.68 bits per heavy atom. The second kappa shape index (κ2) is 6.23. The van der Waals surface area contributed by atoms with Gasteiger partial charge >= 0.3 is 5.97 Å². The molecule has 0 fully saturated rings. The molecule has 0 radical (unpaired) electrons. The number of thiazole rings is 1. The van der Waals surface area contributed by atoms with Gasteiger partial charge in [0.25, 0.3) is 0 Å². The molecule has 100 valence electrons. The van der Waals surface area contributed by atoms with E-state index in [1.54, 1.807) is 18.2 Å². The fraction of sp³-hybridized carbons (Fsp3) is 0.167. The van der Waals surface area contributed by atoms with E-state index in [-0.39, 0.29) is 6.42 Å². The number of nitrogens with zero attached hydrogens (tertiary/aromatic N) is 1. The molecule has 2 rings (SSSR count). The van der Waals surface area contributed by atoms with Crippen molar-refractivity contribution in [3.63, 3.8) is 0 Å². The Morgan fingerprint density at radius 2 is 2.05 bits per heavy atom. The lowest BCUT2D eigenvalue weighted by Gasteiger charge is -2.06. The van der Waals surface area contributed by atoms with Gasteiger partial charge in [0.15, 0.2) is 5.13 Å². The van der Waals surface area contributed by atoms with Gasteiger partial charge in [0, 0.05) is 11.8 Å². The number of para-hydroxylation sites is 1. The third-order valence-corrected chi connectivity index (χ3v) is 3.78. The third kappa shape index (κ3) is 3.83. The van der Waals surface area contributed by atoms with E-state index in [9.17, 15) is 4.79 Å². The van der Waals surface area contributed by atoms with E-state index in [2.05, 4.69) is 10.3 Å². The van der Waals surface area contributed by atoms with Gasteiger partial charge < -0.3 is 10.4 Å². The normalized spacial score (nSPS) is 10.4. The minimum Gasteiger partial charge on any atom is -0.481 e. The molecule has 7 heteroatoms. The largest absolute Gasteiger partial charge is 0.481 e. The lowest BCUT2D eigenvalue weighted by atomic mass is 10.2. The van der Waals surface area contributed by atoms with Gasteiger partial charge in [0.2, 0.25) is 0 Å². The summed E-state index contributed by atoms with van der Waals surface area (Å²) < 4.78 is 0. The number of nitrogens with one attached hydrogen (secondary N) is 1. The zero-order chi connectivity index (χ0) is 13.8. The number of benzene rings is 1. The lowest BCUT2D eigenvalue weighted by molar-refractivity contribution is -0.136. The van der Waals surface area contributed by atoms with E-state index in [0.717, 1.165) is 5.69 Å². The van der Waals surface area contributed by atoms with Crippen molar-refractivity contribution in [1.82, 2.24) is 4.98 Å². The molecule has 0 saturated heterocycles. The number of carboxylic acid groups (broad SMARTS) is 1. The molecule has 0 amide bonds. The number of aryl methyl sites for hydroxylation is 1. The number of halogens is 2. The van der Waals surface area contributed by atoms with Crippen LogP contribution >= 0.6 is 34.5 Å². The highest BCUT2D eigenvalue weighted by molar-refractivity contribution is 7.13. The maximum absolute atomic E-state index is 10.5. The minimum atomic E-state index is -0.836. The topological polar surface area (TPSA) is 62.2 Å². The highest BCUT2D eigenvalue weighted by Crippen LogP contribution is 2.33. The van der Waals surface area contributed by atoms with Crippen LogP contribution in [-0.2, 0) is 11.2 Å². The van der Waals surface area contributed by atoms with Crippen molar-refractivity contribution < 1.29 is 9.90 Å². The molecule has 0 saturated carbocycles. The van der Waals surface area contributed by atoms with Crippen molar-refractivity contribution in [2.24, 2.45) is 0 Å². The van der Waals surface area contributed by atoms with Crippen LogP contribution in [0.5, 0.6) is 0 Å². The fourth-order valence-corrected chi connectivity index (χ4v) is 2.68. The summed E-state index contributed by atoms with van der Waals surface area (Å²) in [6.07, 6.45) is 0.472. The number of aliphatic carboxylic acids is 1. The standard InChI is InChI=1S/C12H10Cl2N2O2S/c13-8-2-1-3-9(14)11(8)16-12-15-7(6-19-12)4-5-10(17)18/h1-3,6H,4-5H2,(H,15,16)(H,17,18). The lowest BCUT2D eigenvalue weighted by Crippen LogP contribution is -1.98. The van der Waals surface area contributed by atoms with E-state index >= 15 is 0 Å². The number of anilines is 2. The van der Waals surface area contributed by atoms with Gasteiger partial charge in [0.1, 0.15) is 0 Å². The molecule has 1 aromatic heterocycles. The maximum atomic E-state index is 10.5. The highest BCUT2D eigenvalue weighted by atomic mass is 35.5. The van der Waals surface area contributed by atoms with Crippen LogP contribution in [0.3, 0.4) is 0 Å². The van der Waals surface area contributed by atoms with E-state index in [1.807, 2.05) is 5.38 Å². The Bertz CT molecular complexity index is 581. The molecular weight excluding hydrogens is 307 g/mol. The quantitative estimate of drug-likeness (QED) is 0.867. The van der Waals surface area contributed by atoms with Gasteiger partial charge in [0.05, 0.1) is 27.8 Å². The summed E-state index contributed by atoms with van der Waals surface area (Å²) in [6.45, 7) is 0. The highest BCUT2D eigenvalue weighted by Gasteiger charge is 2.09. The average Bonchev–Trinajstić information content (AvgIpc) is 2.79. The zero-order valence-corrected chi connectivity index (χ0v) is 12.0. The Hall–Kier alpha value is -1.30. The first-order valence-corrected chi connectivity index (χ1v) is 7.07. The van der Waals surface area contributed by atoms with Gasteiger partial charge in [-0.15, -0.1) is 11.3 Å². The summed E-state index contributed by atoms with van der Waals surface area (Å²) in [5.74, 6) is -0.836. The molecule has 0 atom stereocenters. The summed E-state index contributed by atoms with van der Waals surface area (Å²) in [4.78, 5) is 14.8. The number of rotatable bonds is 5. The predicted octanol–water partition coefficient (Wildman–Crippen LogP) is 4.21. The first-order chi connectivity index (χ1) is 9.06. The van der Waals surface area contributed by atoms with E-state index in [0.29, 0.717) is 27.3 Å². The zero-order valence-electron chi connectivity index (χ0n) is 9.69. The summed E-state index contributed by atoms with van der Waals surface area (Å²) in [5, 5.41) is 15.1. The summed E-state index contributed by atoms with van der Waals surface area (Å²) in [5.41, 5.74) is 1.34. The number of hydrogen-bond acceptors (Lipinski definition) is 4. The Morgan fingerprint density at radius 1 is 1.37 bits per heavy atom. The monoisotopic (exact) mass is 316 g/mol. The van der Waals surface area contributed by atoms with Crippen molar-refractivity contribution >= 4 is 51.3 Å². The molecule has 2 aromatic rings. The van der Waals surface area contributed by atoms with Crippen LogP contribution in [-0.4, -0.2) is 16.1 Å². The van der Waals surface area contributed by atoms with Crippen molar-refractivity contribution in [2.75, 3.05) is 5.32 Å². The Balaban J connectivity index is 2.09. The van der Waals surface area contributed by atoms with Crippen LogP contribution in [0.2, 0.25) is 10.0 Å². The van der Waals surface area contributed by atoms with Crippen LogP contribution in [0, 0.1) is 0 Å². The van der Waals surface area contributed by atoms with Crippen molar-refractivity contribution in [3.8, 4) is 0 Å². The average molecular weight is 317 g/mol. The van der Waals surface area contributed by atoms with Crippen LogP contribution in [0.25, 0.3) is 0 Å². The van der Waals surface area contributed by atoms with Gasteiger partial charge in [-0.2, -0.15) is 0 Å². The van der Waals surface area contributed by atoms with E-state index < -0.39 is 5.97 Å². The third-order valence-electron chi connectivity index (χ3n) is 2.34. The first-order valence-electron chi connectivity index (χ1n) is 5.43. The van der Waals surface area contributed by atoms with Crippen LogP contribution in [0.1, 0.15) is 12.1 Å². The van der Waals surface area contributed by atoms with Gasteiger partial charge in [-0.25, -0.2) is 4.98 Å². The molecule has 4 nitrogen and oxygen atoms in total. The number of carbonyl (C=O) groups is 1. The number of aromatic nitrogens is 1. The molecule has 0 unspecified atom stereocenters. The summed E-state index contributed by atoms with van der Waals surface area (Å²) in [6, 6.07) is 5.22. The maximum Gasteiger partial charge on any atom is 0.303 e. The van der Waals surface area contributed by atoms with Crippen molar-refractivity contribution in [3.05, 3.63) is 39.3 Å². The van der Waals surface area contributed by atoms with Crippen LogP contribution in [0.4, 0.5) is 10.8 Å². The van der Waals surface area contributed by atoms with Crippen molar-refractivity contribution in [2.45, 2.75) is 12.8 Å². The van der Waals surface area contributed by atoms with E-state index in [1.165, 1.54) is 11.3 Å². The first kappa shape index (κ1) is 14.1. The molecular formula is C12H10Cl2N2O2S. The van der Waals surface area contributed by atoms with Crippen LogP contribution in [0.15, 0.2) is 23.6 Å². The molecule has 0 aliphatic rings. The van der Waals surface area contributed by atoms with Gasteiger partial charge in [-0.05, 0) is 12.1 Å². The SMILES string of the molecule is O=C(O)CCc1csc(Nc2c(Cl)cccc2Cl)n1. The molecule has 0 aliphatic carbocycles. The van der Waals surface area contributed by atoms with Crippen molar-refractivity contribution in [1.29, 1.82) is 0 Å². The van der Waals surface area contributed by atoms with Gasteiger partial charge in [-0.1, -0.05) is 29.3 Å². The fourth-order valence-electron chi connectivity index (χ4n) is 1.44. The predicted molar refractivity (Wildman–Crippen MR) is 77.8 cm³/mol. The summed E-state index contributed by atoms with van der Waals surface area (Å²) >= 11 is 13.5. The van der Waals surface area contributed by atoms with Gasteiger partial charge in [-0.3, -0.25) is 4.79 Å². The minimum absolute atomic E-state index is 0.0655. The second-order valence-corrected chi connectivity index (χ2v) is 5.43. The molecule has 1 heterocycles. The molecule has 0 bridgehead atoms. The number of hydrogen-bond donors (Lipinski definition) is 2. The smallest absolute Gasteiger partial charge is 0.303 e. The molecule has 2 N–H and O–H groups in total. The molecule has 0 spiro atoms. The van der Waals surface area contributed by atoms with Crippen LogP contribution < -0.4 is 5.32 Å². The molecule has 1 aromatic carbocycles. The van der Waals surface area contributed by atoms with E-state index in [4.69, 9.17) is 28.3 Å². The number of carboxylic acids is 1. The second-order valence-electron chi connectivity index (χ2n) is 3.76. The Labute approximate surface area is 124 Å².